The summed E-state index contributed by atoms with van der Waals surface area (Å²) in [6, 6.07) is 0. The molecule has 0 aromatic rings. The summed E-state index contributed by atoms with van der Waals surface area (Å²) in [5.41, 5.74) is 0. The highest BCUT2D eigenvalue weighted by Crippen LogP contribution is 2.35. The molecule has 0 aromatic carbocycles. The maximum absolute atomic E-state index is 10.5. The second kappa shape index (κ2) is 5.27. The van der Waals surface area contributed by atoms with Gasteiger partial charge in [-0.1, -0.05) is 6.92 Å². The first-order valence-electron chi connectivity index (χ1n) is 3.31. The van der Waals surface area contributed by atoms with Gasteiger partial charge in [0.1, 0.15) is 6.61 Å². The molecule has 6 nitrogen and oxygen atoms in total. The maximum atomic E-state index is 10.5. The SMILES string of the molecule is CCC(=O)OCCOP(=O)(O)O. The van der Waals surface area contributed by atoms with Crippen molar-refractivity contribution in [2.24, 2.45) is 0 Å². The normalized spacial score (nSPS) is 11.2. The van der Waals surface area contributed by atoms with Gasteiger partial charge in [-0.05, 0) is 0 Å². The lowest BCUT2D eigenvalue weighted by Crippen LogP contribution is -2.08. The summed E-state index contributed by atoms with van der Waals surface area (Å²) in [7, 11) is -4.43. The van der Waals surface area contributed by atoms with Crippen LogP contribution in [0.3, 0.4) is 0 Å². The molecule has 0 aliphatic rings. The third-order valence-corrected chi connectivity index (χ3v) is 1.41. The van der Waals surface area contributed by atoms with Gasteiger partial charge in [-0.25, -0.2) is 4.57 Å². The molecule has 0 rings (SSSR count). The summed E-state index contributed by atoms with van der Waals surface area (Å²) in [5.74, 6) is -0.427. The molecule has 72 valence electrons. The van der Waals surface area contributed by atoms with Crippen molar-refractivity contribution in [1.82, 2.24) is 0 Å². The number of hydrogen-bond acceptors (Lipinski definition) is 4. The molecule has 0 aliphatic heterocycles. The van der Waals surface area contributed by atoms with Crippen molar-refractivity contribution in [2.45, 2.75) is 13.3 Å². The fourth-order valence-corrected chi connectivity index (χ4v) is 0.726. The van der Waals surface area contributed by atoms with Crippen LogP contribution in [0.5, 0.6) is 0 Å². The minimum Gasteiger partial charge on any atom is -0.463 e. The van der Waals surface area contributed by atoms with E-state index in [9.17, 15) is 9.36 Å². The largest absolute Gasteiger partial charge is 0.469 e. The van der Waals surface area contributed by atoms with Crippen molar-refractivity contribution in [3.63, 3.8) is 0 Å². The van der Waals surface area contributed by atoms with Crippen molar-refractivity contribution in [2.75, 3.05) is 13.2 Å². The zero-order valence-electron chi connectivity index (χ0n) is 6.60. The van der Waals surface area contributed by atoms with Crippen LogP contribution >= 0.6 is 7.82 Å². The van der Waals surface area contributed by atoms with Crippen molar-refractivity contribution in [3.05, 3.63) is 0 Å². The summed E-state index contributed by atoms with van der Waals surface area (Å²) in [4.78, 5) is 26.8. The van der Waals surface area contributed by atoms with Gasteiger partial charge >= 0.3 is 13.8 Å². The van der Waals surface area contributed by atoms with Gasteiger partial charge in [-0.2, -0.15) is 0 Å². The van der Waals surface area contributed by atoms with E-state index in [1.807, 2.05) is 0 Å². The van der Waals surface area contributed by atoms with Crippen molar-refractivity contribution in [1.29, 1.82) is 0 Å². The van der Waals surface area contributed by atoms with E-state index in [-0.39, 0.29) is 19.6 Å². The molecule has 0 radical (unpaired) electrons. The molecule has 0 aromatic heterocycles. The summed E-state index contributed by atoms with van der Waals surface area (Å²) >= 11 is 0. The van der Waals surface area contributed by atoms with E-state index in [0.29, 0.717) is 0 Å². The number of carbonyl (C=O) groups excluding carboxylic acids is 1. The number of hydrogen-bond donors (Lipinski definition) is 2. The van der Waals surface area contributed by atoms with Crippen LogP contribution in [0.25, 0.3) is 0 Å². The Morgan fingerprint density at radius 1 is 1.42 bits per heavy atom. The van der Waals surface area contributed by atoms with Crippen LogP contribution in [-0.2, 0) is 18.6 Å². The molecule has 0 amide bonds. The monoisotopic (exact) mass is 198 g/mol. The zero-order valence-corrected chi connectivity index (χ0v) is 7.49. The van der Waals surface area contributed by atoms with Crippen LogP contribution in [0, 0.1) is 0 Å². The predicted molar refractivity (Wildman–Crippen MR) is 39.2 cm³/mol. The quantitative estimate of drug-likeness (QED) is 0.368. The number of esters is 1. The van der Waals surface area contributed by atoms with Gasteiger partial charge in [0, 0.05) is 6.42 Å². The third kappa shape index (κ3) is 7.68. The van der Waals surface area contributed by atoms with E-state index < -0.39 is 13.8 Å². The Morgan fingerprint density at radius 3 is 2.42 bits per heavy atom. The van der Waals surface area contributed by atoms with E-state index in [2.05, 4.69) is 9.26 Å². The number of rotatable bonds is 5. The molecule has 0 spiro atoms. The molecule has 7 heteroatoms. The van der Waals surface area contributed by atoms with E-state index in [1.54, 1.807) is 6.92 Å². The van der Waals surface area contributed by atoms with E-state index in [0.717, 1.165) is 0 Å². The Bertz CT molecular complexity index is 184. The Hall–Kier alpha value is -0.420. The Kier molecular flexibility index (Phi) is 5.08. The molecule has 2 N–H and O–H groups in total. The van der Waals surface area contributed by atoms with Gasteiger partial charge in [0.15, 0.2) is 0 Å². The van der Waals surface area contributed by atoms with Gasteiger partial charge in [-0.15, -0.1) is 0 Å². The summed E-state index contributed by atoms with van der Waals surface area (Å²) in [6.45, 7) is 1.18. The summed E-state index contributed by atoms with van der Waals surface area (Å²) in [6.07, 6.45) is 0.232. The average molecular weight is 198 g/mol. The van der Waals surface area contributed by atoms with Crippen LogP contribution in [0.4, 0.5) is 0 Å². The Morgan fingerprint density at radius 2 is 2.00 bits per heavy atom. The molecule has 0 saturated heterocycles. The van der Waals surface area contributed by atoms with Crippen LogP contribution in [0.1, 0.15) is 13.3 Å². The molecule has 12 heavy (non-hydrogen) atoms. The maximum Gasteiger partial charge on any atom is 0.469 e. The summed E-state index contributed by atoms with van der Waals surface area (Å²) < 4.78 is 18.6. The summed E-state index contributed by atoms with van der Waals surface area (Å²) in [5, 5.41) is 0. The first kappa shape index (κ1) is 11.6. The molecular weight excluding hydrogens is 187 g/mol. The van der Waals surface area contributed by atoms with Crippen LogP contribution in [0.2, 0.25) is 0 Å². The van der Waals surface area contributed by atoms with E-state index in [1.165, 1.54) is 0 Å². The molecule has 0 saturated carbocycles. The van der Waals surface area contributed by atoms with E-state index >= 15 is 0 Å². The first-order valence-corrected chi connectivity index (χ1v) is 4.84. The van der Waals surface area contributed by atoms with Gasteiger partial charge in [-0.3, -0.25) is 9.32 Å². The zero-order chi connectivity index (χ0) is 9.61. The topological polar surface area (TPSA) is 93.1 Å². The number of ether oxygens (including phenoxy) is 1. The lowest BCUT2D eigenvalue weighted by atomic mass is 10.5. The van der Waals surface area contributed by atoms with Gasteiger partial charge in [0.05, 0.1) is 6.61 Å². The number of phosphoric acid groups is 1. The number of phosphoric ester groups is 1. The van der Waals surface area contributed by atoms with E-state index in [4.69, 9.17) is 9.79 Å². The Labute approximate surface area is 69.7 Å². The molecule has 0 fully saturated rings. The molecule has 0 bridgehead atoms. The first-order chi connectivity index (χ1) is 5.45. The molecule has 0 atom stereocenters. The standard InChI is InChI=1S/C5H11O6P/c1-2-5(6)10-3-4-11-12(7,8)9/h2-4H2,1H3,(H2,7,8,9). The highest BCUT2D eigenvalue weighted by atomic mass is 31.2. The smallest absolute Gasteiger partial charge is 0.463 e. The molecule has 0 aliphatic carbocycles. The highest BCUT2D eigenvalue weighted by Gasteiger charge is 2.13. The van der Waals surface area contributed by atoms with Crippen LogP contribution < -0.4 is 0 Å². The minimum absolute atomic E-state index is 0.141. The second-order valence-electron chi connectivity index (χ2n) is 1.90. The molecule has 0 unspecified atom stereocenters. The van der Waals surface area contributed by atoms with Crippen molar-refractivity contribution >= 4 is 13.8 Å². The van der Waals surface area contributed by atoms with Gasteiger partial charge < -0.3 is 14.5 Å². The van der Waals surface area contributed by atoms with Crippen molar-refractivity contribution in [3.8, 4) is 0 Å². The molecular formula is C5H11O6P. The molecule has 0 heterocycles. The highest BCUT2D eigenvalue weighted by molar-refractivity contribution is 7.46. The van der Waals surface area contributed by atoms with Crippen LogP contribution in [-0.4, -0.2) is 29.0 Å². The lowest BCUT2D eigenvalue weighted by molar-refractivity contribution is -0.144. The predicted octanol–water partition coefficient (Wildman–Crippen LogP) is 0.0489. The minimum atomic E-state index is -4.43. The van der Waals surface area contributed by atoms with Crippen LogP contribution in [0.15, 0.2) is 0 Å². The van der Waals surface area contributed by atoms with Crippen molar-refractivity contribution < 1.29 is 28.4 Å². The lowest BCUT2D eigenvalue weighted by Gasteiger charge is -2.05. The fourth-order valence-electron chi connectivity index (χ4n) is 0.414. The van der Waals surface area contributed by atoms with Gasteiger partial charge in [0.2, 0.25) is 0 Å². The third-order valence-electron chi connectivity index (χ3n) is 0.895. The van der Waals surface area contributed by atoms with Gasteiger partial charge in [0.25, 0.3) is 0 Å². The average Bonchev–Trinajstić information content (AvgIpc) is 1.96. The fraction of sp³-hybridized carbons (Fsp3) is 0.800. The second-order valence-corrected chi connectivity index (χ2v) is 3.14. The number of carbonyl (C=O) groups is 1. The Balaban J connectivity index is 3.34.